The first-order valence-electron chi connectivity index (χ1n) is 6.50. The van der Waals surface area contributed by atoms with E-state index in [1.165, 1.54) is 18.2 Å². The highest BCUT2D eigenvalue weighted by molar-refractivity contribution is 7.94. The Morgan fingerprint density at radius 1 is 1.09 bits per heavy atom. The van der Waals surface area contributed by atoms with Crippen molar-refractivity contribution in [1.82, 2.24) is 0 Å². The van der Waals surface area contributed by atoms with Crippen molar-refractivity contribution in [3.63, 3.8) is 0 Å². The van der Waals surface area contributed by atoms with Gasteiger partial charge in [-0.25, -0.2) is 8.42 Å². The van der Waals surface area contributed by atoms with Crippen LogP contribution >= 0.6 is 23.2 Å². The van der Waals surface area contributed by atoms with Crippen molar-refractivity contribution in [3.05, 3.63) is 58.6 Å². The lowest BCUT2D eigenvalue weighted by atomic mass is 10.1. The Kier molecular flexibility index (Phi) is 3.89. The number of sulfonamides is 1. The van der Waals surface area contributed by atoms with E-state index in [1.54, 1.807) is 24.3 Å². The number of amides is 1. The second-order valence-electron chi connectivity index (χ2n) is 4.78. The van der Waals surface area contributed by atoms with Gasteiger partial charge in [-0.2, -0.15) is 4.31 Å². The number of aryl methyl sites for hydroxylation is 1. The first kappa shape index (κ1) is 15.3. The number of nitrogens with zero attached hydrogens (tertiary/aromatic N) is 1. The van der Waals surface area contributed by atoms with Crippen LogP contribution in [-0.2, 0) is 16.4 Å². The fourth-order valence-corrected chi connectivity index (χ4v) is 4.56. The van der Waals surface area contributed by atoms with Crippen LogP contribution in [0.15, 0.2) is 47.4 Å². The molecule has 1 aliphatic heterocycles. The van der Waals surface area contributed by atoms with E-state index in [4.69, 9.17) is 23.2 Å². The highest BCUT2D eigenvalue weighted by atomic mass is 35.5. The molecule has 0 aromatic heterocycles. The average molecular weight is 356 g/mol. The molecule has 0 saturated carbocycles. The number of benzene rings is 2. The van der Waals surface area contributed by atoms with E-state index in [-0.39, 0.29) is 15.5 Å². The highest BCUT2D eigenvalue weighted by Gasteiger charge is 2.43. The number of hydrogen-bond acceptors (Lipinski definition) is 3. The van der Waals surface area contributed by atoms with Gasteiger partial charge in [-0.1, -0.05) is 29.8 Å². The minimum atomic E-state index is -3.96. The first-order chi connectivity index (χ1) is 10.5. The molecular weight excluding hydrogens is 345 g/mol. The van der Waals surface area contributed by atoms with E-state index in [0.29, 0.717) is 23.6 Å². The van der Waals surface area contributed by atoms with Crippen molar-refractivity contribution >= 4 is 44.8 Å². The number of alkyl halides is 1. The number of fused-ring (bicyclic) bond motifs is 1. The minimum Gasteiger partial charge on any atom is -0.268 e. The summed E-state index contributed by atoms with van der Waals surface area (Å²) in [5, 5.41) is 0.269. The maximum absolute atomic E-state index is 12.7. The van der Waals surface area contributed by atoms with Crippen LogP contribution in [0.5, 0.6) is 0 Å². The topological polar surface area (TPSA) is 54.5 Å². The number of carbonyl (C=O) groups is 1. The maximum atomic E-state index is 12.7. The van der Waals surface area contributed by atoms with Gasteiger partial charge in [0.15, 0.2) is 0 Å². The molecule has 22 heavy (non-hydrogen) atoms. The summed E-state index contributed by atoms with van der Waals surface area (Å²) in [7, 11) is -3.96. The normalized spacial score (nSPS) is 15.9. The molecule has 0 aliphatic carbocycles. The predicted octanol–water partition coefficient (Wildman–Crippen LogP) is 3.47. The van der Waals surface area contributed by atoms with Gasteiger partial charge in [-0.15, -0.1) is 11.6 Å². The monoisotopic (exact) mass is 355 g/mol. The summed E-state index contributed by atoms with van der Waals surface area (Å²) in [6, 6.07) is 11.1. The van der Waals surface area contributed by atoms with E-state index in [0.717, 1.165) is 4.31 Å². The van der Waals surface area contributed by atoms with Crippen molar-refractivity contribution in [1.29, 1.82) is 0 Å². The predicted molar refractivity (Wildman–Crippen MR) is 86.3 cm³/mol. The largest absolute Gasteiger partial charge is 0.273 e. The van der Waals surface area contributed by atoms with E-state index in [2.05, 4.69) is 0 Å². The lowest BCUT2D eigenvalue weighted by molar-refractivity contribution is 0.101. The molecule has 0 fully saturated rings. The summed E-state index contributed by atoms with van der Waals surface area (Å²) >= 11 is 11.6. The molecule has 1 heterocycles. The van der Waals surface area contributed by atoms with Crippen molar-refractivity contribution in [2.75, 3.05) is 10.2 Å². The van der Waals surface area contributed by atoms with Gasteiger partial charge in [0.25, 0.3) is 15.9 Å². The fourth-order valence-electron chi connectivity index (χ4n) is 2.46. The second-order valence-corrected chi connectivity index (χ2v) is 7.35. The SMILES string of the molecule is O=C1c2ccc(Cl)cc2S(=O)(=O)N1c1ccccc1CCCl. The number of rotatable bonds is 3. The van der Waals surface area contributed by atoms with Crippen LogP contribution in [0, 0.1) is 0 Å². The van der Waals surface area contributed by atoms with E-state index < -0.39 is 15.9 Å². The highest BCUT2D eigenvalue weighted by Crippen LogP contribution is 2.37. The smallest absolute Gasteiger partial charge is 0.268 e. The van der Waals surface area contributed by atoms with E-state index in [1.807, 2.05) is 0 Å². The lowest BCUT2D eigenvalue weighted by Crippen LogP contribution is -2.30. The molecule has 0 unspecified atom stereocenters. The Morgan fingerprint density at radius 2 is 1.82 bits per heavy atom. The molecule has 114 valence electrons. The third kappa shape index (κ3) is 2.29. The molecule has 2 aromatic carbocycles. The summed E-state index contributed by atoms with van der Waals surface area (Å²) in [4.78, 5) is 12.5. The molecule has 1 amide bonds. The molecule has 1 aliphatic rings. The second kappa shape index (κ2) is 5.57. The van der Waals surface area contributed by atoms with Crippen LogP contribution in [0.25, 0.3) is 0 Å². The van der Waals surface area contributed by atoms with Crippen LogP contribution in [0.3, 0.4) is 0 Å². The lowest BCUT2D eigenvalue weighted by Gasteiger charge is -2.18. The van der Waals surface area contributed by atoms with E-state index in [9.17, 15) is 13.2 Å². The number of para-hydroxylation sites is 1. The molecule has 4 nitrogen and oxygen atoms in total. The molecule has 0 N–H and O–H groups in total. The number of anilines is 1. The summed E-state index contributed by atoms with van der Waals surface area (Å²) in [5.74, 6) is -0.244. The summed E-state index contributed by atoms with van der Waals surface area (Å²) in [6.45, 7) is 0. The third-order valence-electron chi connectivity index (χ3n) is 3.45. The zero-order chi connectivity index (χ0) is 15.9. The van der Waals surface area contributed by atoms with E-state index >= 15 is 0 Å². The Bertz CT molecular complexity index is 865. The number of hydrogen-bond donors (Lipinski definition) is 0. The molecular formula is C15H11Cl2NO3S. The summed E-state index contributed by atoms with van der Waals surface area (Å²) < 4.78 is 26.3. The Balaban J connectivity index is 2.21. The quantitative estimate of drug-likeness (QED) is 0.792. The van der Waals surface area contributed by atoms with Gasteiger partial charge in [-0.3, -0.25) is 4.79 Å². The zero-order valence-electron chi connectivity index (χ0n) is 11.3. The molecule has 7 heteroatoms. The Morgan fingerprint density at radius 3 is 2.55 bits per heavy atom. The maximum Gasteiger partial charge on any atom is 0.273 e. The fraction of sp³-hybridized carbons (Fsp3) is 0.133. The van der Waals surface area contributed by atoms with Crippen molar-refractivity contribution in [3.8, 4) is 0 Å². The molecule has 0 spiro atoms. The van der Waals surface area contributed by atoms with Crippen LogP contribution in [0.1, 0.15) is 15.9 Å². The van der Waals surface area contributed by atoms with Crippen LogP contribution in [0.4, 0.5) is 5.69 Å². The van der Waals surface area contributed by atoms with Crippen LogP contribution in [-0.4, -0.2) is 20.2 Å². The van der Waals surface area contributed by atoms with Gasteiger partial charge in [0.05, 0.1) is 11.3 Å². The number of halogens is 2. The van der Waals surface area contributed by atoms with Gasteiger partial charge >= 0.3 is 0 Å². The van der Waals surface area contributed by atoms with Crippen LogP contribution < -0.4 is 4.31 Å². The summed E-state index contributed by atoms with van der Waals surface area (Å²) in [5.41, 5.74) is 1.17. The zero-order valence-corrected chi connectivity index (χ0v) is 13.6. The first-order valence-corrected chi connectivity index (χ1v) is 8.85. The summed E-state index contributed by atoms with van der Waals surface area (Å²) in [6.07, 6.45) is 0.466. The Hall–Kier alpha value is -1.56. The van der Waals surface area contributed by atoms with Gasteiger partial charge in [-0.05, 0) is 36.2 Å². The molecule has 0 bridgehead atoms. The number of carbonyl (C=O) groups excluding carboxylic acids is 1. The van der Waals surface area contributed by atoms with Gasteiger partial charge in [0, 0.05) is 10.9 Å². The van der Waals surface area contributed by atoms with Crippen molar-refractivity contribution in [2.24, 2.45) is 0 Å². The minimum absolute atomic E-state index is 0.0642. The molecule has 0 saturated heterocycles. The standard InChI is InChI=1S/C15H11Cl2NO3S/c16-8-7-10-3-1-2-4-13(10)18-15(19)12-6-5-11(17)9-14(12)22(18,20)21/h1-6,9H,7-8H2. The van der Waals surface area contributed by atoms with Gasteiger partial charge < -0.3 is 0 Å². The Labute approximate surface area is 138 Å². The van der Waals surface area contributed by atoms with Gasteiger partial charge in [0.1, 0.15) is 4.90 Å². The molecule has 0 radical (unpaired) electrons. The van der Waals surface area contributed by atoms with Crippen LogP contribution in [0.2, 0.25) is 5.02 Å². The average Bonchev–Trinajstić information content (AvgIpc) is 2.67. The molecule has 2 aromatic rings. The van der Waals surface area contributed by atoms with Gasteiger partial charge in [0.2, 0.25) is 0 Å². The molecule has 0 atom stereocenters. The van der Waals surface area contributed by atoms with Crippen molar-refractivity contribution < 1.29 is 13.2 Å². The molecule has 3 rings (SSSR count). The van der Waals surface area contributed by atoms with Crippen molar-refractivity contribution in [2.45, 2.75) is 11.3 Å². The third-order valence-corrected chi connectivity index (χ3v) is 5.61.